The Bertz CT molecular complexity index is 1660. The van der Waals surface area contributed by atoms with E-state index in [-0.39, 0.29) is 40.6 Å². The van der Waals surface area contributed by atoms with Gasteiger partial charge >= 0.3 is 0 Å². The molecule has 12 heteroatoms. The van der Waals surface area contributed by atoms with E-state index in [4.69, 9.17) is 18.9 Å². The minimum atomic E-state index is -4.43. The number of carbonyl (C=O) groups is 2. The van der Waals surface area contributed by atoms with Crippen molar-refractivity contribution in [3.63, 3.8) is 0 Å². The van der Waals surface area contributed by atoms with Crippen LogP contribution >= 0.6 is 0 Å². The number of hydrogen-bond donors (Lipinski definition) is 1. The Labute approximate surface area is 277 Å². The number of nitrogens with zero attached hydrogens (tertiary/aromatic N) is 2. The topological polar surface area (TPSA) is 124 Å². The third-order valence-electron chi connectivity index (χ3n) is 8.40. The zero-order chi connectivity index (χ0) is 34.1. The number of aryl methyl sites for hydroxylation is 1. The zero-order valence-electron chi connectivity index (χ0n) is 27.9. The van der Waals surface area contributed by atoms with Crippen LogP contribution in [-0.4, -0.2) is 72.2 Å². The Balaban J connectivity index is 1.82. The molecule has 0 unspecified atom stereocenters. The molecular formula is C35H45N3O8S. The van der Waals surface area contributed by atoms with Crippen LogP contribution in [0.4, 0.5) is 5.69 Å². The average molecular weight is 668 g/mol. The summed E-state index contributed by atoms with van der Waals surface area (Å²) in [5, 5.41) is 3.13. The molecule has 47 heavy (non-hydrogen) atoms. The first-order chi connectivity index (χ1) is 22.6. The van der Waals surface area contributed by atoms with Gasteiger partial charge in [-0.3, -0.25) is 13.9 Å². The second-order valence-electron chi connectivity index (χ2n) is 11.5. The molecule has 0 radical (unpaired) electrons. The number of methoxy groups -OCH3 is 4. The lowest BCUT2D eigenvalue weighted by molar-refractivity contribution is -0.140. The zero-order valence-corrected chi connectivity index (χ0v) is 28.8. The molecule has 3 aromatic carbocycles. The van der Waals surface area contributed by atoms with Crippen LogP contribution < -0.4 is 28.6 Å². The second-order valence-corrected chi connectivity index (χ2v) is 13.4. The van der Waals surface area contributed by atoms with Gasteiger partial charge in [0.15, 0.2) is 11.5 Å². The lowest BCUT2D eigenvalue weighted by atomic mass is 10.1. The fraction of sp³-hybridized carbons (Fsp3) is 0.429. The summed E-state index contributed by atoms with van der Waals surface area (Å²) >= 11 is 0. The van der Waals surface area contributed by atoms with E-state index in [9.17, 15) is 18.0 Å². The van der Waals surface area contributed by atoms with E-state index in [0.717, 1.165) is 41.1 Å². The van der Waals surface area contributed by atoms with E-state index >= 15 is 0 Å². The van der Waals surface area contributed by atoms with Crippen LogP contribution in [0, 0.1) is 6.92 Å². The van der Waals surface area contributed by atoms with Crippen molar-refractivity contribution in [1.29, 1.82) is 0 Å². The fourth-order valence-corrected chi connectivity index (χ4v) is 7.34. The minimum Gasteiger partial charge on any atom is -0.497 e. The number of anilines is 1. The van der Waals surface area contributed by atoms with Gasteiger partial charge < -0.3 is 29.2 Å². The van der Waals surface area contributed by atoms with E-state index in [1.807, 2.05) is 38.1 Å². The molecule has 1 saturated carbocycles. The summed E-state index contributed by atoms with van der Waals surface area (Å²) in [6.07, 6.45) is 4.20. The summed E-state index contributed by atoms with van der Waals surface area (Å²) in [6, 6.07) is 15.8. The van der Waals surface area contributed by atoms with Crippen molar-refractivity contribution in [1.82, 2.24) is 10.2 Å². The summed E-state index contributed by atoms with van der Waals surface area (Å²) in [7, 11) is 1.30. The summed E-state index contributed by atoms with van der Waals surface area (Å²) in [6.45, 7) is 3.28. The lowest BCUT2D eigenvalue weighted by Crippen LogP contribution is -2.53. The molecule has 2 amide bonds. The quantitative estimate of drug-likeness (QED) is 0.238. The highest BCUT2D eigenvalue weighted by atomic mass is 32.2. The molecule has 0 aromatic heterocycles. The minimum absolute atomic E-state index is 0.0513. The number of rotatable bonds is 15. The third-order valence-corrected chi connectivity index (χ3v) is 10.2. The number of ether oxygens (including phenoxy) is 4. The van der Waals surface area contributed by atoms with Gasteiger partial charge in [-0.15, -0.1) is 0 Å². The first-order valence-electron chi connectivity index (χ1n) is 15.7. The number of carbonyl (C=O) groups excluding carboxylic acids is 2. The van der Waals surface area contributed by atoms with Crippen molar-refractivity contribution < 1.29 is 37.0 Å². The van der Waals surface area contributed by atoms with Crippen molar-refractivity contribution in [2.24, 2.45) is 0 Å². The Morgan fingerprint density at radius 2 is 1.55 bits per heavy atom. The highest BCUT2D eigenvalue weighted by Crippen LogP contribution is 2.38. The van der Waals surface area contributed by atoms with Crippen molar-refractivity contribution in [3.8, 4) is 23.0 Å². The van der Waals surface area contributed by atoms with Crippen molar-refractivity contribution in [2.45, 2.75) is 69.5 Å². The van der Waals surface area contributed by atoms with Crippen LogP contribution in [0.25, 0.3) is 0 Å². The van der Waals surface area contributed by atoms with Gasteiger partial charge in [-0.25, -0.2) is 8.42 Å². The molecular weight excluding hydrogens is 622 g/mol. The second kappa shape index (κ2) is 15.9. The van der Waals surface area contributed by atoms with E-state index < -0.39 is 28.5 Å². The molecule has 0 heterocycles. The van der Waals surface area contributed by atoms with Crippen LogP contribution in [0.5, 0.6) is 23.0 Å². The van der Waals surface area contributed by atoms with Crippen LogP contribution in [0.15, 0.2) is 65.6 Å². The van der Waals surface area contributed by atoms with Gasteiger partial charge in [-0.05, 0) is 56.0 Å². The van der Waals surface area contributed by atoms with Crippen LogP contribution in [0.3, 0.4) is 0 Å². The number of benzene rings is 3. The van der Waals surface area contributed by atoms with Gasteiger partial charge in [0.25, 0.3) is 10.0 Å². The summed E-state index contributed by atoms with van der Waals surface area (Å²) in [5.41, 5.74) is 1.91. The maximum atomic E-state index is 14.5. The van der Waals surface area contributed by atoms with Crippen LogP contribution in [-0.2, 0) is 26.2 Å². The Kier molecular flexibility index (Phi) is 12.0. The summed E-state index contributed by atoms with van der Waals surface area (Å²) < 4.78 is 51.7. The predicted molar refractivity (Wildman–Crippen MR) is 180 cm³/mol. The SMILES string of the molecule is CC[C@H](C(=O)NC1CCCC1)N(Cc1cccc(C)c1)C(=O)CN(c1cc(OC)ccc1OC)S(=O)(=O)c1ccc(OC)c(OC)c1. The first-order valence-corrected chi connectivity index (χ1v) is 17.1. The molecule has 0 bridgehead atoms. The molecule has 254 valence electrons. The highest BCUT2D eigenvalue weighted by Gasteiger charge is 2.36. The monoisotopic (exact) mass is 667 g/mol. The maximum Gasteiger partial charge on any atom is 0.265 e. The molecule has 1 N–H and O–H groups in total. The van der Waals surface area contributed by atoms with Crippen molar-refractivity contribution in [3.05, 3.63) is 71.8 Å². The number of amides is 2. The molecule has 0 saturated heterocycles. The van der Waals surface area contributed by atoms with E-state index in [0.29, 0.717) is 17.9 Å². The van der Waals surface area contributed by atoms with Gasteiger partial charge in [-0.1, -0.05) is 49.6 Å². The number of sulfonamides is 1. The van der Waals surface area contributed by atoms with Crippen molar-refractivity contribution in [2.75, 3.05) is 39.3 Å². The van der Waals surface area contributed by atoms with Gasteiger partial charge in [-0.2, -0.15) is 0 Å². The highest BCUT2D eigenvalue weighted by molar-refractivity contribution is 7.92. The molecule has 0 aliphatic heterocycles. The molecule has 11 nitrogen and oxygen atoms in total. The Hall–Kier alpha value is -4.45. The molecule has 0 spiro atoms. The predicted octanol–water partition coefficient (Wildman–Crippen LogP) is 5.09. The first kappa shape index (κ1) is 35.4. The Morgan fingerprint density at radius 1 is 0.872 bits per heavy atom. The fourth-order valence-electron chi connectivity index (χ4n) is 5.90. The van der Waals surface area contributed by atoms with E-state index in [1.54, 1.807) is 12.1 Å². The molecule has 1 aliphatic rings. The van der Waals surface area contributed by atoms with Gasteiger partial charge in [0.05, 0.1) is 39.0 Å². The lowest BCUT2D eigenvalue weighted by Gasteiger charge is -2.34. The molecule has 4 rings (SSSR count). The van der Waals surface area contributed by atoms with Crippen LogP contribution in [0.2, 0.25) is 0 Å². The third kappa shape index (κ3) is 8.29. The van der Waals surface area contributed by atoms with Gasteiger partial charge in [0.2, 0.25) is 11.8 Å². The Morgan fingerprint density at radius 3 is 2.17 bits per heavy atom. The number of hydrogen-bond acceptors (Lipinski definition) is 8. The largest absolute Gasteiger partial charge is 0.497 e. The normalized spacial score (nSPS) is 13.8. The smallest absolute Gasteiger partial charge is 0.265 e. The van der Waals surface area contributed by atoms with Gasteiger partial charge in [0.1, 0.15) is 24.1 Å². The van der Waals surface area contributed by atoms with E-state index in [1.165, 1.54) is 57.6 Å². The summed E-state index contributed by atoms with van der Waals surface area (Å²) in [4.78, 5) is 29.6. The summed E-state index contributed by atoms with van der Waals surface area (Å²) in [5.74, 6) is 0.297. The maximum absolute atomic E-state index is 14.5. The molecule has 1 aliphatic carbocycles. The molecule has 1 atom stereocenters. The van der Waals surface area contributed by atoms with Gasteiger partial charge in [0, 0.05) is 24.7 Å². The van der Waals surface area contributed by atoms with Crippen molar-refractivity contribution >= 4 is 27.5 Å². The van der Waals surface area contributed by atoms with Crippen LogP contribution in [0.1, 0.15) is 50.2 Å². The standard InChI is InChI=1S/C35H45N3O8S/c1-7-29(35(40)36-26-13-8-9-14-26)37(22-25-12-10-11-24(2)19-25)34(39)23-38(30-20-27(43-3)15-17-31(30)44-4)47(41,42)28-16-18-32(45-5)33(21-28)46-6/h10-12,15-21,26,29H,7-9,13-14,22-23H2,1-6H3,(H,36,40)/t29-/m1/s1. The average Bonchev–Trinajstić information content (AvgIpc) is 3.59. The molecule has 3 aromatic rings. The number of nitrogens with one attached hydrogen (secondary N) is 1. The van der Waals surface area contributed by atoms with E-state index in [2.05, 4.69) is 5.32 Å². The molecule has 1 fully saturated rings.